The van der Waals surface area contributed by atoms with Crippen LogP contribution in [0.5, 0.6) is 0 Å². The highest BCUT2D eigenvalue weighted by atomic mass is 19.1. The normalized spacial score (nSPS) is 21.6. The molecule has 1 aromatic rings. The van der Waals surface area contributed by atoms with Crippen molar-refractivity contribution >= 4 is 17.7 Å². The van der Waals surface area contributed by atoms with Gasteiger partial charge >= 0.3 is 12.0 Å². The smallest absolute Gasteiger partial charge is 0.319 e. The maximum absolute atomic E-state index is 12.7. The molecule has 1 saturated carbocycles. The van der Waals surface area contributed by atoms with Crippen LogP contribution < -0.4 is 10.6 Å². The maximum Gasteiger partial charge on any atom is 0.319 e. The van der Waals surface area contributed by atoms with Gasteiger partial charge in [-0.2, -0.15) is 0 Å². The fourth-order valence-electron chi connectivity index (χ4n) is 2.71. The van der Waals surface area contributed by atoms with E-state index in [0.29, 0.717) is 18.7 Å². The summed E-state index contributed by atoms with van der Waals surface area (Å²) in [7, 11) is 0. The fraction of sp³-hybridized carbons (Fsp3) is 0.467. The number of nitrogens with one attached hydrogen (secondary N) is 2. The van der Waals surface area contributed by atoms with Crippen LogP contribution in [-0.4, -0.2) is 23.7 Å². The topological polar surface area (TPSA) is 78.4 Å². The van der Waals surface area contributed by atoms with Gasteiger partial charge in [0.25, 0.3) is 0 Å². The Morgan fingerprint density at radius 2 is 1.86 bits per heavy atom. The molecule has 2 amide bonds. The van der Waals surface area contributed by atoms with Gasteiger partial charge in [-0.05, 0) is 43.0 Å². The summed E-state index contributed by atoms with van der Waals surface area (Å²) in [6, 6.07) is 5.05. The van der Waals surface area contributed by atoms with E-state index in [-0.39, 0.29) is 17.7 Å². The quantitative estimate of drug-likeness (QED) is 0.799. The lowest BCUT2D eigenvalue weighted by Crippen LogP contribution is -2.38. The van der Waals surface area contributed by atoms with Gasteiger partial charge in [-0.1, -0.05) is 12.8 Å². The van der Waals surface area contributed by atoms with Gasteiger partial charge in [0.05, 0.1) is 5.92 Å². The highest BCUT2D eigenvalue weighted by Crippen LogP contribution is 2.29. The SMILES string of the molecule is O=C(NCC1CCCCC1C(=O)O)Nc1ccc(F)cc1. The van der Waals surface area contributed by atoms with Gasteiger partial charge in [0, 0.05) is 12.2 Å². The van der Waals surface area contributed by atoms with Crippen LogP contribution >= 0.6 is 0 Å². The molecule has 0 aliphatic heterocycles. The van der Waals surface area contributed by atoms with Gasteiger partial charge in [0.15, 0.2) is 0 Å². The first-order valence-electron chi connectivity index (χ1n) is 7.09. The van der Waals surface area contributed by atoms with Gasteiger partial charge in [-0.3, -0.25) is 4.79 Å². The average molecular weight is 294 g/mol. The predicted octanol–water partition coefficient (Wildman–Crippen LogP) is 2.84. The number of urea groups is 1. The van der Waals surface area contributed by atoms with Crippen molar-refractivity contribution in [3.8, 4) is 0 Å². The van der Waals surface area contributed by atoms with Gasteiger partial charge in [-0.25, -0.2) is 9.18 Å². The average Bonchev–Trinajstić information content (AvgIpc) is 2.48. The molecule has 3 N–H and O–H groups in total. The van der Waals surface area contributed by atoms with E-state index in [1.165, 1.54) is 24.3 Å². The number of carboxylic acid groups (broad SMARTS) is 1. The molecule has 1 aliphatic rings. The zero-order chi connectivity index (χ0) is 15.2. The van der Waals surface area contributed by atoms with Gasteiger partial charge < -0.3 is 15.7 Å². The number of halogens is 1. The number of carbonyl (C=O) groups excluding carboxylic acids is 1. The van der Waals surface area contributed by atoms with Gasteiger partial charge in [0.2, 0.25) is 0 Å². The van der Waals surface area contributed by atoms with Crippen molar-refractivity contribution in [2.45, 2.75) is 25.7 Å². The Morgan fingerprint density at radius 1 is 1.19 bits per heavy atom. The Labute approximate surface area is 122 Å². The lowest BCUT2D eigenvalue weighted by molar-refractivity contribution is -0.144. The molecule has 0 radical (unpaired) electrons. The summed E-state index contributed by atoms with van der Waals surface area (Å²) in [5, 5.41) is 14.5. The Kier molecular flexibility index (Phi) is 5.14. The molecule has 0 aromatic heterocycles. The third-order valence-corrected chi connectivity index (χ3v) is 3.85. The maximum atomic E-state index is 12.7. The Hall–Kier alpha value is -2.11. The minimum Gasteiger partial charge on any atom is -0.481 e. The van der Waals surface area contributed by atoms with Gasteiger partial charge in [-0.15, -0.1) is 0 Å². The summed E-state index contributed by atoms with van der Waals surface area (Å²) in [5.41, 5.74) is 0.493. The molecule has 1 fully saturated rings. The number of amides is 2. The second kappa shape index (κ2) is 7.06. The van der Waals surface area contributed by atoms with Crippen molar-refractivity contribution in [1.29, 1.82) is 0 Å². The van der Waals surface area contributed by atoms with Crippen molar-refractivity contribution in [2.75, 3.05) is 11.9 Å². The molecule has 6 heteroatoms. The van der Waals surface area contributed by atoms with Crippen molar-refractivity contribution in [3.63, 3.8) is 0 Å². The van der Waals surface area contributed by atoms with E-state index in [1.54, 1.807) is 0 Å². The number of benzene rings is 1. The van der Waals surface area contributed by atoms with E-state index in [1.807, 2.05) is 0 Å². The van der Waals surface area contributed by atoms with E-state index < -0.39 is 12.0 Å². The minimum atomic E-state index is -0.791. The number of hydrogen-bond donors (Lipinski definition) is 3. The fourth-order valence-corrected chi connectivity index (χ4v) is 2.71. The number of hydrogen-bond acceptors (Lipinski definition) is 2. The third-order valence-electron chi connectivity index (χ3n) is 3.85. The molecule has 0 heterocycles. The van der Waals surface area contributed by atoms with Crippen LogP contribution in [-0.2, 0) is 4.79 Å². The number of rotatable bonds is 4. The van der Waals surface area contributed by atoms with E-state index in [9.17, 15) is 19.1 Å². The summed E-state index contributed by atoms with van der Waals surface area (Å²) < 4.78 is 12.7. The van der Waals surface area contributed by atoms with Crippen molar-refractivity contribution in [1.82, 2.24) is 5.32 Å². The Morgan fingerprint density at radius 3 is 2.52 bits per heavy atom. The lowest BCUT2D eigenvalue weighted by Gasteiger charge is -2.28. The summed E-state index contributed by atoms with van der Waals surface area (Å²) in [6.07, 6.45) is 3.40. The highest BCUT2D eigenvalue weighted by molar-refractivity contribution is 5.89. The van der Waals surface area contributed by atoms with Crippen molar-refractivity contribution in [3.05, 3.63) is 30.1 Å². The molecule has 2 atom stereocenters. The van der Waals surface area contributed by atoms with Crippen LogP contribution in [0.4, 0.5) is 14.9 Å². The second-order valence-electron chi connectivity index (χ2n) is 5.33. The van der Waals surface area contributed by atoms with Crippen LogP contribution in [0.25, 0.3) is 0 Å². The van der Waals surface area contributed by atoms with E-state index in [2.05, 4.69) is 10.6 Å². The summed E-state index contributed by atoms with van der Waals surface area (Å²) in [5.74, 6) is -1.58. The lowest BCUT2D eigenvalue weighted by atomic mass is 9.79. The number of carboxylic acids is 1. The standard InChI is InChI=1S/C15H19FN2O3/c16-11-5-7-12(8-6-11)18-15(21)17-9-10-3-1-2-4-13(10)14(19)20/h5-8,10,13H,1-4,9H2,(H,19,20)(H2,17,18,21). The first kappa shape index (κ1) is 15.3. The van der Waals surface area contributed by atoms with Crippen molar-refractivity contribution in [2.24, 2.45) is 11.8 Å². The zero-order valence-electron chi connectivity index (χ0n) is 11.6. The summed E-state index contributed by atoms with van der Waals surface area (Å²) in [6.45, 7) is 0.337. The summed E-state index contributed by atoms with van der Waals surface area (Å²) >= 11 is 0. The Balaban J connectivity index is 1.82. The van der Waals surface area contributed by atoms with Crippen molar-refractivity contribution < 1.29 is 19.1 Å². The first-order chi connectivity index (χ1) is 10.1. The molecule has 0 bridgehead atoms. The molecule has 2 unspecified atom stereocenters. The minimum absolute atomic E-state index is 0.0322. The highest BCUT2D eigenvalue weighted by Gasteiger charge is 2.30. The van der Waals surface area contributed by atoms with Crippen LogP contribution in [0, 0.1) is 17.7 Å². The molecule has 21 heavy (non-hydrogen) atoms. The molecule has 2 rings (SSSR count). The van der Waals surface area contributed by atoms with Crippen LogP contribution in [0.15, 0.2) is 24.3 Å². The number of aliphatic carboxylic acids is 1. The molecular weight excluding hydrogens is 275 g/mol. The van der Waals surface area contributed by atoms with Crippen LogP contribution in [0.3, 0.4) is 0 Å². The predicted molar refractivity (Wildman–Crippen MR) is 76.5 cm³/mol. The third kappa shape index (κ3) is 4.44. The number of anilines is 1. The monoisotopic (exact) mass is 294 g/mol. The molecule has 114 valence electrons. The molecule has 5 nitrogen and oxygen atoms in total. The second-order valence-corrected chi connectivity index (χ2v) is 5.33. The molecule has 0 saturated heterocycles. The van der Waals surface area contributed by atoms with Gasteiger partial charge in [0.1, 0.15) is 5.82 Å². The van der Waals surface area contributed by atoms with Crippen LogP contribution in [0.2, 0.25) is 0 Å². The zero-order valence-corrected chi connectivity index (χ0v) is 11.6. The summed E-state index contributed by atoms with van der Waals surface area (Å²) in [4.78, 5) is 22.9. The number of carbonyl (C=O) groups is 2. The van der Waals surface area contributed by atoms with E-state index >= 15 is 0 Å². The molecule has 1 aromatic carbocycles. The largest absolute Gasteiger partial charge is 0.481 e. The van der Waals surface area contributed by atoms with E-state index in [0.717, 1.165) is 19.3 Å². The Bertz CT molecular complexity index is 504. The molecule has 0 spiro atoms. The van der Waals surface area contributed by atoms with E-state index in [4.69, 9.17) is 0 Å². The molecule has 1 aliphatic carbocycles. The van der Waals surface area contributed by atoms with Crippen LogP contribution in [0.1, 0.15) is 25.7 Å². The first-order valence-corrected chi connectivity index (χ1v) is 7.09. The molecular formula is C15H19FN2O3.